The lowest BCUT2D eigenvalue weighted by atomic mass is 10.0. The van der Waals surface area contributed by atoms with E-state index < -0.39 is 6.04 Å². The highest BCUT2D eigenvalue weighted by Gasteiger charge is 2.33. The number of carbonyl (C=O) groups excluding carboxylic acids is 2. The molecule has 0 bridgehead atoms. The van der Waals surface area contributed by atoms with E-state index in [2.05, 4.69) is 19.2 Å². The van der Waals surface area contributed by atoms with Gasteiger partial charge in [-0.2, -0.15) is 0 Å². The summed E-state index contributed by atoms with van der Waals surface area (Å²) < 4.78 is 5.50. The summed E-state index contributed by atoms with van der Waals surface area (Å²) in [5.74, 6) is 0.253. The third kappa shape index (κ3) is 4.29. The first kappa shape index (κ1) is 15.5. The predicted octanol–water partition coefficient (Wildman–Crippen LogP) is 1.36. The quantitative estimate of drug-likeness (QED) is 0.805. The molecule has 1 aromatic rings. The molecular formula is C16H22N2O3. The van der Waals surface area contributed by atoms with Gasteiger partial charge >= 0.3 is 0 Å². The predicted molar refractivity (Wildman–Crippen MR) is 79.6 cm³/mol. The highest BCUT2D eigenvalue weighted by Crippen LogP contribution is 2.18. The van der Waals surface area contributed by atoms with Crippen molar-refractivity contribution >= 4 is 11.8 Å². The van der Waals surface area contributed by atoms with Gasteiger partial charge in [0, 0.05) is 13.2 Å². The van der Waals surface area contributed by atoms with Crippen LogP contribution in [0.2, 0.25) is 0 Å². The highest BCUT2D eigenvalue weighted by molar-refractivity contribution is 5.95. The topological polar surface area (TPSA) is 58.6 Å². The minimum Gasteiger partial charge on any atom is -0.379 e. The average Bonchev–Trinajstić information content (AvgIpc) is 2.47. The Kier molecular flexibility index (Phi) is 5.33. The molecule has 2 rings (SSSR count). The summed E-state index contributed by atoms with van der Waals surface area (Å²) in [6, 6.07) is 8.72. The molecular weight excluding hydrogens is 268 g/mol. The summed E-state index contributed by atoms with van der Waals surface area (Å²) in [5, 5.41) is 2.75. The maximum absolute atomic E-state index is 12.5. The molecule has 114 valence electrons. The van der Waals surface area contributed by atoms with Gasteiger partial charge in [0.05, 0.1) is 13.2 Å². The van der Waals surface area contributed by atoms with Crippen LogP contribution < -0.4 is 5.32 Å². The van der Waals surface area contributed by atoms with Crippen molar-refractivity contribution in [1.29, 1.82) is 0 Å². The van der Waals surface area contributed by atoms with Crippen LogP contribution >= 0.6 is 0 Å². The molecule has 0 aromatic heterocycles. The average molecular weight is 290 g/mol. The Morgan fingerprint density at radius 2 is 2.00 bits per heavy atom. The Morgan fingerprint density at radius 1 is 1.29 bits per heavy atom. The molecule has 1 aliphatic heterocycles. The molecule has 1 heterocycles. The molecule has 1 atom stereocenters. The molecule has 5 heteroatoms. The van der Waals surface area contributed by atoms with Crippen LogP contribution in [0.3, 0.4) is 0 Å². The van der Waals surface area contributed by atoms with Crippen molar-refractivity contribution in [3.63, 3.8) is 0 Å². The maximum Gasteiger partial charge on any atom is 0.250 e. The molecule has 1 aromatic carbocycles. The first-order chi connectivity index (χ1) is 10.1. The maximum atomic E-state index is 12.5. The van der Waals surface area contributed by atoms with Crippen LogP contribution in [0.5, 0.6) is 0 Å². The number of piperazine rings is 1. The van der Waals surface area contributed by atoms with Crippen molar-refractivity contribution in [2.75, 3.05) is 26.3 Å². The van der Waals surface area contributed by atoms with Crippen LogP contribution in [0, 0.1) is 5.92 Å². The van der Waals surface area contributed by atoms with Crippen molar-refractivity contribution in [2.24, 2.45) is 5.92 Å². The zero-order valence-electron chi connectivity index (χ0n) is 12.5. The number of nitrogens with zero attached hydrogens (tertiary/aromatic N) is 1. The van der Waals surface area contributed by atoms with Crippen LogP contribution in [-0.4, -0.2) is 43.0 Å². The zero-order valence-corrected chi connectivity index (χ0v) is 12.5. The van der Waals surface area contributed by atoms with Gasteiger partial charge in [-0.3, -0.25) is 9.59 Å². The summed E-state index contributed by atoms with van der Waals surface area (Å²) >= 11 is 0. The smallest absolute Gasteiger partial charge is 0.250 e. The highest BCUT2D eigenvalue weighted by atomic mass is 16.5. The van der Waals surface area contributed by atoms with E-state index in [-0.39, 0.29) is 18.4 Å². The fourth-order valence-electron chi connectivity index (χ4n) is 2.26. The number of carbonyl (C=O) groups is 2. The van der Waals surface area contributed by atoms with Crippen molar-refractivity contribution in [3.05, 3.63) is 35.9 Å². The molecule has 21 heavy (non-hydrogen) atoms. The van der Waals surface area contributed by atoms with E-state index in [1.54, 1.807) is 4.90 Å². The molecule has 0 aliphatic carbocycles. The van der Waals surface area contributed by atoms with E-state index in [9.17, 15) is 9.59 Å². The van der Waals surface area contributed by atoms with Gasteiger partial charge in [-0.05, 0) is 11.5 Å². The lowest BCUT2D eigenvalue weighted by Gasteiger charge is -2.32. The number of rotatable bonds is 6. The normalized spacial score (nSPS) is 19.0. The Hall–Kier alpha value is -1.88. The van der Waals surface area contributed by atoms with Gasteiger partial charge in [-0.25, -0.2) is 0 Å². The van der Waals surface area contributed by atoms with Crippen molar-refractivity contribution in [3.8, 4) is 0 Å². The van der Waals surface area contributed by atoms with Gasteiger partial charge in [-0.1, -0.05) is 44.2 Å². The summed E-state index contributed by atoms with van der Waals surface area (Å²) in [4.78, 5) is 25.8. The lowest BCUT2D eigenvalue weighted by Crippen LogP contribution is -2.54. The second kappa shape index (κ2) is 7.22. The first-order valence-corrected chi connectivity index (χ1v) is 7.28. The van der Waals surface area contributed by atoms with Gasteiger partial charge < -0.3 is 15.0 Å². The lowest BCUT2D eigenvalue weighted by molar-refractivity contribution is -0.145. The zero-order chi connectivity index (χ0) is 15.2. The molecule has 5 nitrogen and oxygen atoms in total. The van der Waals surface area contributed by atoms with E-state index in [0.29, 0.717) is 25.7 Å². The Bertz CT molecular complexity index is 488. The van der Waals surface area contributed by atoms with E-state index in [1.165, 1.54) is 0 Å². The van der Waals surface area contributed by atoms with E-state index >= 15 is 0 Å². The van der Waals surface area contributed by atoms with Crippen LogP contribution in [0.4, 0.5) is 0 Å². The number of nitrogens with one attached hydrogen (secondary N) is 1. The standard InChI is InChI=1S/C16H22N2O3/c1-12(2)11-21-9-8-18-10-14(19)17-15(16(18)20)13-6-4-3-5-7-13/h3-7,12,15H,8-11H2,1-2H3,(H,17,19). The van der Waals surface area contributed by atoms with Crippen LogP contribution in [0.1, 0.15) is 25.5 Å². The molecule has 1 unspecified atom stereocenters. The van der Waals surface area contributed by atoms with Gasteiger partial charge in [0.1, 0.15) is 6.04 Å². The first-order valence-electron chi connectivity index (χ1n) is 7.28. The molecule has 1 aliphatic rings. The second-order valence-corrected chi connectivity index (χ2v) is 5.64. The minimum atomic E-state index is -0.586. The number of hydrogen-bond acceptors (Lipinski definition) is 3. The molecule has 0 saturated carbocycles. The summed E-state index contributed by atoms with van der Waals surface area (Å²) in [7, 11) is 0. The minimum absolute atomic E-state index is 0.0750. The molecule has 0 spiro atoms. The Balaban J connectivity index is 1.96. The van der Waals surface area contributed by atoms with Crippen LogP contribution in [0.25, 0.3) is 0 Å². The number of amides is 2. The monoisotopic (exact) mass is 290 g/mol. The Morgan fingerprint density at radius 3 is 2.67 bits per heavy atom. The van der Waals surface area contributed by atoms with Crippen LogP contribution in [0.15, 0.2) is 30.3 Å². The van der Waals surface area contributed by atoms with E-state index in [4.69, 9.17) is 4.74 Å². The van der Waals surface area contributed by atoms with Gasteiger partial charge in [0.25, 0.3) is 0 Å². The number of ether oxygens (including phenoxy) is 1. The molecule has 1 N–H and O–H groups in total. The van der Waals surface area contributed by atoms with Crippen molar-refractivity contribution in [2.45, 2.75) is 19.9 Å². The van der Waals surface area contributed by atoms with E-state index in [0.717, 1.165) is 5.56 Å². The Labute approximate surface area is 125 Å². The second-order valence-electron chi connectivity index (χ2n) is 5.64. The third-order valence-electron chi connectivity index (χ3n) is 3.29. The number of hydrogen-bond donors (Lipinski definition) is 1. The SMILES string of the molecule is CC(C)COCCN1CC(=O)NC(c2ccccc2)C1=O. The molecule has 1 fully saturated rings. The fourth-order valence-corrected chi connectivity index (χ4v) is 2.26. The largest absolute Gasteiger partial charge is 0.379 e. The van der Waals surface area contributed by atoms with Gasteiger partial charge in [0.2, 0.25) is 11.8 Å². The summed E-state index contributed by atoms with van der Waals surface area (Å²) in [6.07, 6.45) is 0. The molecule has 2 amide bonds. The van der Waals surface area contributed by atoms with Crippen molar-refractivity contribution in [1.82, 2.24) is 10.2 Å². The van der Waals surface area contributed by atoms with Gasteiger partial charge in [0.15, 0.2) is 0 Å². The van der Waals surface area contributed by atoms with Crippen LogP contribution in [-0.2, 0) is 14.3 Å². The fraction of sp³-hybridized carbons (Fsp3) is 0.500. The van der Waals surface area contributed by atoms with Gasteiger partial charge in [-0.15, -0.1) is 0 Å². The van der Waals surface area contributed by atoms with E-state index in [1.807, 2.05) is 30.3 Å². The third-order valence-corrected chi connectivity index (χ3v) is 3.29. The van der Waals surface area contributed by atoms with Crippen molar-refractivity contribution < 1.29 is 14.3 Å². The summed E-state index contributed by atoms with van der Waals surface area (Å²) in [5.41, 5.74) is 0.809. The molecule has 1 saturated heterocycles. The molecule has 0 radical (unpaired) electrons. The number of benzene rings is 1. The summed E-state index contributed by atoms with van der Waals surface area (Å²) in [6.45, 7) is 5.82.